The van der Waals surface area contributed by atoms with Gasteiger partial charge in [-0.3, -0.25) is 23.1 Å². The highest BCUT2D eigenvalue weighted by Crippen LogP contribution is 2.33. The van der Waals surface area contributed by atoms with Gasteiger partial charge >= 0.3 is 23.7 Å². The van der Waals surface area contributed by atoms with Gasteiger partial charge in [-0.15, -0.1) is 0 Å². The molecule has 39 heavy (non-hydrogen) atoms. The molecule has 5 rings (SSSR count). The Bertz CT molecular complexity index is 1810. The van der Waals surface area contributed by atoms with Crippen molar-refractivity contribution in [2.45, 2.75) is 39.0 Å². The zero-order valence-corrected chi connectivity index (χ0v) is 20.9. The van der Waals surface area contributed by atoms with Crippen LogP contribution in [-0.2, 0) is 26.3 Å². The summed E-state index contributed by atoms with van der Waals surface area (Å²) in [5.74, 6) is -0.344. The number of carboxylic acid groups (broad SMARTS) is 1. The maximum absolute atomic E-state index is 13.5. The Labute approximate surface area is 217 Å². The highest BCUT2D eigenvalue weighted by molar-refractivity contribution is 5.78. The number of aromatic nitrogens is 4. The van der Waals surface area contributed by atoms with Crippen LogP contribution < -0.4 is 21.7 Å². The van der Waals surface area contributed by atoms with Gasteiger partial charge in [0.15, 0.2) is 0 Å². The number of hydrogen-bond acceptors (Lipinski definition) is 5. The summed E-state index contributed by atoms with van der Waals surface area (Å²) in [6.07, 6.45) is -3.55. The highest BCUT2D eigenvalue weighted by Gasteiger charge is 2.33. The van der Waals surface area contributed by atoms with E-state index in [9.17, 15) is 32.3 Å². The standard InChI is InChI=1S/C26H23F3N4O6/c1-14-16(4-3-5-18(14)26(27,28)29)12-33-22(34)21(39-25(37)38)13-31(24(33)36)17-8-9-19-20(10-17)32(11-15-6-7-15)23(35)30(19)2/h3-5,8-10,13,15H,6-7,11-12H2,1-2H3,(H,37,38). The quantitative estimate of drug-likeness (QED) is 0.372. The maximum atomic E-state index is 13.5. The predicted molar refractivity (Wildman–Crippen MR) is 134 cm³/mol. The number of hydrogen-bond donors (Lipinski definition) is 1. The molecule has 4 aromatic rings. The third-order valence-corrected chi connectivity index (χ3v) is 6.96. The number of nitrogens with zero attached hydrogens (tertiary/aromatic N) is 4. The number of aryl methyl sites for hydroxylation is 1. The average molecular weight is 544 g/mol. The van der Waals surface area contributed by atoms with Crippen molar-refractivity contribution in [3.63, 3.8) is 0 Å². The van der Waals surface area contributed by atoms with Gasteiger partial charge in [0.05, 0.1) is 35.0 Å². The van der Waals surface area contributed by atoms with Crippen LogP contribution in [0.4, 0.5) is 18.0 Å². The predicted octanol–water partition coefficient (Wildman–Crippen LogP) is 3.49. The molecule has 0 atom stereocenters. The third-order valence-electron chi connectivity index (χ3n) is 6.96. The largest absolute Gasteiger partial charge is 0.511 e. The van der Waals surface area contributed by atoms with Crippen LogP contribution in [0.3, 0.4) is 0 Å². The second-order valence-corrected chi connectivity index (χ2v) is 9.56. The lowest BCUT2D eigenvalue weighted by atomic mass is 10.0. The van der Waals surface area contributed by atoms with Gasteiger partial charge in [-0.1, -0.05) is 12.1 Å². The molecule has 1 N–H and O–H groups in total. The minimum atomic E-state index is -4.65. The van der Waals surface area contributed by atoms with E-state index in [0.29, 0.717) is 28.1 Å². The molecule has 0 aliphatic heterocycles. The average Bonchev–Trinajstić information content (AvgIpc) is 3.66. The fourth-order valence-electron chi connectivity index (χ4n) is 4.68. The second-order valence-electron chi connectivity index (χ2n) is 9.56. The molecule has 0 unspecified atom stereocenters. The molecule has 0 radical (unpaired) electrons. The SMILES string of the molecule is Cc1c(Cn2c(=O)c(OC(=O)O)cn(-c3ccc4c(c3)n(CC3CC3)c(=O)n4C)c2=O)cccc1C(F)(F)F. The van der Waals surface area contributed by atoms with Crippen LogP contribution in [0.2, 0.25) is 0 Å². The van der Waals surface area contributed by atoms with Crippen molar-refractivity contribution in [3.8, 4) is 11.4 Å². The molecule has 0 bridgehead atoms. The molecule has 2 heterocycles. The fourth-order valence-corrected chi connectivity index (χ4v) is 4.68. The number of fused-ring (bicyclic) bond motifs is 1. The topological polar surface area (TPSA) is 117 Å². The highest BCUT2D eigenvalue weighted by atomic mass is 19.4. The molecule has 1 saturated carbocycles. The van der Waals surface area contributed by atoms with Gasteiger partial charge in [0, 0.05) is 13.6 Å². The first-order chi connectivity index (χ1) is 18.4. The summed E-state index contributed by atoms with van der Waals surface area (Å²) >= 11 is 0. The van der Waals surface area contributed by atoms with Crippen molar-refractivity contribution in [1.29, 1.82) is 0 Å². The molecule has 0 saturated heterocycles. The number of rotatable bonds is 6. The maximum Gasteiger partial charge on any atom is 0.511 e. The first-order valence-corrected chi connectivity index (χ1v) is 12.0. The molecule has 2 aromatic carbocycles. The van der Waals surface area contributed by atoms with E-state index < -0.39 is 41.4 Å². The number of ether oxygens (including phenoxy) is 1. The van der Waals surface area contributed by atoms with Crippen LogP contribution in [0.5, 0.6) is 5.75 Å². The summed E-state index contributed by atoms with van der Waals surface area (Å²) in [5, 5.41) is 9.15. The molecule has 2 aromatic heterocycles. The Morgan fingerprint density at radius 1 is 1.05 bits per heavy atom. The number of carbonyl (C=O) groups is 1. The van der Waals surface area contributed by atoms with Crippen LogP contribution in [0.25, 0.3) is 16.7 Å². The van der Waals surface area contributed by atoms with Crippen LogP contribution in [-0.4, -0.2) is 29.5 Å². The minimum absolute atomic E-state index is 0.0415. The van der Waals surface area contributed by atoms with Gasteiger partial charge in [-0.2, -0.15) is 13.2 Å². The summed E-state index contributed by atoms with van der Waals surface area (Å²) in [4.78, 5) is 50.7. The van der Waals surface area contributed by atoms with Gasteiger partial charge in [0.2, 0.25) is 5.75 Å². The van der Waals surface area contributed by atoms with Crippen molar-refractivity contribution < 1.29 is 27.8 Å². The zero-order chi connectivity index (χ0) is 28.2. The number of imidazole rings is 1. The summed E-state index contributed by atoms with van der Waals surface area (Å²) in [7, 11) is 1.62. The Balaban J connectivity index is 1.69. The Morgan fingerprint density at radius 2 is 1.77 bits per heavy atom. The van der Waals surface area contributed by atoms with Crippen molar-refractivity contribution in [1.82, 2.24) is 18.3 Å². The van der Waals surface area contributed by atoms with Crippen LogP contribution in [0.15, 0.2) is 57.0 Å². The van der Waals surface area contributed by atoms with E-state index in [-0.39, 0.29) is 22.5 Å². The molecule has 13 heteroatoms. The minimum Gasteiger partial charge on any atom is -0.449 e. The molecule has 10 nitrogen and oxygen atoms in total. The molecular formula is C26H23F3N4O6. The van der Waals surface area contributed by atoms with Crippen molar-refractivity contribution in [3.05, 3.63) is 90.6 Å². The molecule has 204 valence electrons. The first-order valence-electron chi connectivity index (χ1n) is 12.0. The van der Waals surface area contributed by atoms with E-state index in [1.807, 2.05) is 0 Å². The van der Waals surface area contributed by atoms with Crippen LogP contribution in [0, 0.1) is 12.8 Å². The lowest BCUT2D eigenvalue weighted by molar-refractivity contribution is -0.138. The van der Waals surface area contributed by atoms with E-state index in [1.165, 1.54) is 23.6 Å². The molecule has 1 aliphatic carbocycles. The van der Waals surface area contributed by atoms with Crippen molar-refractivity contribution in [2.75, 3.05) is 0 Å². The fraction of sp³-hybridized carbons (Fsp3) is 0.308. The second kappa shape index (κ2) is 9.33. The number of benzene rings is 2. The van der Waals surface area contributed by atoms with Gasteiger partial charge in [-0.25, -0.2) is 14.4 Å². The smallest absolute Gasteiger partial charge is 0.449 e. The van der Waals surface area contributed by atoms with Gasteiger partial charge < -0.3 is 9.84 Å². The van der Waals surface area contributed by atoms with Crippen molar-refractivity contribution in [2.24, 2.45) is 13.0 Å². The summed E-state index contributed by atoms with van der Waals surface area (Å²) in [6.45, 7) is 1.15. The summed E-state index contributed by atoms with van der Waals surface area (Å²) < 4.78 is 49.6. The molecule has 1 fully saturated rings. The van der Waals surface area contributed by atoms with E-state index in [1.54, 1.807) is 23.7 Å². The van der Waals surface area contributed by atoms with E-state index in [2.05, 4.69) is 4.74 Å². The Kier molecular flexibility index (Phi) is 6.24. The lowest BCUT2D eigenvalue weighted by Crippen LogP contribution is -2.40. The van der Waals surface area contributed by atoms with Crippen LogP contribution in [0.1, 0.15) is 29.5 Å². The normalized spacial score (nSPS) is 13.7. The summed E-state index contributed by atoms with van der Waals surface area (Å²) in [5.41, 5.74) is -2.01. The summed E-state index contributed by atoms with van der Waals surface area (Å²) in [6, 6.07) is 8.09. The van der Waals surface area contributed by atoms with Gasteiger partial charge in [0.1, 0.15) is 0 Å². The van der Waals surface area contributed by atoms with Crippen molar-refractivity contribution >= 4 is 17.2 Å². The molecule has 1 aliphatic rings. The third kappa shape index (κ3) is 4.75. The molecule has 0 amide bonds. The number of halogens is 3. The van der Waals surface area contributed by atoms with Gasteiger partial charge in [-0.05, 0) is 61.1 Å². The van der Waals surface area contributed by atoms with E-state index >= 15 is 0 Å². The Hall–Kier alpha value is -4.55. The van der Waals surface area contributed by atoms with Gasteiger partial charge in [0.25, 0.3) is 5.56 Å². The zero-order valence-electron chi connectivity index (χ0n) is 20.9. The van der Waals surface area contributed by atoms with E-state index in [0.717, 1.165) is 35.7 Å². The van der Waals surface area contributed by atoms with Crippen LogP contribution >= 0.6 is 0 Å². The first kappa shape index (κ1) is 26.1. The van der Waals surface area contributed by atoms with E-state index in [4.69, 9.17) is 5.11 Å². The Morgan fingerprint density at radius 3 is 2.41 bits per heavy atom. The monoisotopic (exact) mass is 544 g/mol. The molecule has 0 spiro atoms. The lowest BCUT2D eigenvalue weighted by Gasteiger charge is -2.16. The molecular weight excluding hydrogens is 521 g/mol. The number of alkyl halides is 3.